The number of halogens is 2. The molecule has 27 heavy (non-hydrogen) atoms. The lowest BCUT2D eigenvalue weighted by Gasteiger charge is -2.10. The van der Waals surface area contributed by atoms with Gasteiger partial charge in [0.05, 0.1) is 11.3 Å². The Kier molecular flexibility index (Phi) is 4.48. The van der Waals surface area contributed by atoms with E-state index in [1.54, 1.807) is 60.7 Å². The van der Waals surface area contributed by atoms with Crippen LogP contribution >= 0.6 is 23.2 Å². The molecule has 2 N–H and O–H groups in total. The molecular formula is C20H12Cl2N2O3. The number of anilines is 2. The van der Waals surface area contributed by atoms with Crippen molar-refractivity contribution in [3.8, 4) is 11.5 Å². The maximum absolute atomic E-state index is 12.6. The molecule has 0 unspecified atom stereocenters. The van der Waals surface area contributed by atoms with Crippen molar-refractivity contribution < 1.29 is 14.3 Å². The highest BCUT2D eigenvalue weighted by molar-refractivity contribution is 6.31. The summed E-state index contributed by atoms with van der Waals surface area (Å²) in [6.45, 7) is 0. The van der Waals surface area contributed by atoms with E-state index in [0.29, 0.717) is 44.0 Å². The number of hydrogen-bond acceptors (Lipinski definition) is 3. The van der Waals surface area contributed by atoms with Crippen LogP contribution in [-0.4, -0.2) is 11.8 Å². The Morgan fingerprint density at radius 1 is 0.889 bits per heavy atom. The van der Waals surface area contributed by atoms with Crippen molar-refractivity contribution in [2.24, 2.45) is 0 Å². The van der Waals surface area contributed by atoms with Gasteiger partial charge in [0.15, 0.2) is 5.75 Å². The second kappa shape index (κ2) is 6.95. The quantitative estimate of drug-likeness (QED) is 0.589. The van der Waals surface area contributed by atoms with E-state index in [2.05, 4.69) is 10.6 Å². The molecule has 1 aliphatic heterocycles. The smallest absolute Gasteiger partial charge is 0.259 e. The lowest BCUT2D eigenvalue weighted by atomic mass is 10.1. The highest BCUT2D eigenvalue weighted by Crippen LogP contribution is 2.37. The molecule has 0 saturated heterocycles. The summed E-state index contributed by atoms with van der Waals surface area (Å²) in [6, 6.07) is 16.4. The Morgan fingerprint density at radius 3 is 2.37 bits per heavy atom. The summed E-state index contributed by atoms with van der Waals surface area (Å²) in [7, 11) is 0. The van der Waals surface area contributed by atoms with E-state index in [4.69, 9.17) is 27.9 Å². The summed E-state index contributed by atoms with van der Waals surface area (Å²) in [4.78, 5) is 24.9. The Bertz CT molecular complexity index is 1070. The number of hydrogen-bond donors (Lipinski definition) is 2. The monoisotopic (exact) mass is 398 g/mol. The number of fused-ring (bicyclic) bond motifs is 2. The summed E-state index contributed by atoms with van der Waals surface area (Å²) in [6.07, 6.45) is 0. The molecule has 1 aliphatic rings. The zero-order valence-electron chi connectivity index (χ0n) is 13.8. The largest absolute Gasteiger partial charge is 0.454 e. The van der Waals surface area contributed by atoms with E-state index in [0.717, 1.165) is 0 Å². The van der Waals surface area contributed by atoms with Gasteiger partial charge in [0, 0.05) is 21.3 Å². The minimum absolute atomic E-state index is 0.302. The van der Waals surface area contributed by atoms with Gasteiger partial charge >= 0.3 is 0 Å². The molecule has 0 saturated carbocycles. The summed E-state index contributed by atoms with van der Waals surface area (Å²) in [5.41, 5.74) is 1.71. The Hall–Kier alpha value is -3.02. The number of amides is 2. The normalized spacial score (nSPS) is 12.1. The van der Waals surface area contributed by atoms with E-state index >= 15 is 0 Å². The molecule has 4 rings (SSSR count). The third-order valence-electron chi connectivity index (χ3n) is 4.00. The van der Waals surface area contributed by atoms with Gasteiger partial charge in [-0.3, -0.25) is 9.59 Å². The zero-order valence-corrected chi connectivity index (χ0v) is 15.3. The molecule has 0 aromatic heterocycles. The van der Waals surface area contributed by atoms with Crippen molar-refractivity contribution in [1.29, 1.82) is 0 Å². The van der Waals surface area contributed by atoms with Crippen LogP contribution in [0.25, 0.3) is 0 Å². The van der Waals surface area contributed by atoms with Crippen LogP contribution < -0.4 is 15.4 Å². The van der Waals surface area contributed by atoms with Gasteiger partial charge in [-0.15, -0.1) is 0 Å². The molecule has 2 amide bonds. The number of carbonyl (C=O) groups excluding carboxylic acids is 2. The minimum atomic E-state index is -0.353. The number of ether oxygens (including phenoxy) is 1. The summed E-state index contributed by atoms with van der Waals surface area (Å²) >= 11 is 11.8. The van der Waals surface area contributed by atoms with E-state index in [1.165, 1.54) is 0 Å². The van der Waals surface area contributed by atoms with Crippen LogP contribution in [0, 0.1) is 0 Å². The Balaban J connectivity index is 1.61. The fourth-order valence-corrected chi connectivity index (χ4v) is 2.97. The summed E-state index contributed by atoms with van der Waals surface area (Å²) in [5.74, 6) is 0.216. The molecule has 0 spiro atoms. The average Bonchev–Trinajstić information content (AvgIpc) is 2.78. The third-order valence-corrected chi connectivity index (χ3v) is 4.49. The van der Waals surface area contributed by atoms with Gasteiger partial charge in [-0.2, -0.15) is 0 Å². The summed E-state index contributed by atoms with van der Waals surface area (Å²) < 4.78 is 5.82. The standard InChI is InChI=1S/C20H12Cl2N2O3/c21-12-3-1-11(2-4-12)19(25)23-14-6-8-17-15(10-14)20(26)24-16-9-13(22)5-7-18(16)27-17/h1-10H,(H,23,25)(H,24,26). The first-order valence-electron chi connectivity index (χ1n) is 7.99. The van der Waals surface area contributed by atoms with E-state index < -0.39 is 0 Å². The lowest BCUT2D eigenvalue weighted by Crippen LogP contribution is -2.14. The van der Waals surface area contributed by atoms with E-state index in [9.17, 15) is 9.59 Å². The molecule has 5 nitrogen and oxygen atoms in total. The van der Waals surface area contributed by atoms with Crippen molar-refractivity contribution in [3.63, 3.8) is 0 Å². The Morgan fingerprint density at radius 2 is 1.59 bits per heavy atom. The first-order chi connectivity index (χ1) is 13.0. The van der Waals surface area contributed by atoms with Crippen LogP contribution in [0.4, 0.5) is 11.4 Å². The number of nitrogens with one attached hydrogen (secondary N) is 2. The molecular weight excluding hydrogens is 387 g/mol. The molecule has 1 heterocycles. The molecule has 0 aliphatic carbocycles. The zero-order chi connectivity index (χ0) is 19.0. The first-order valence-corrected chi connectivity index (χ1v) is 8.75. The van der Waals surface area contributed by atoms with Crippen molar-refractivity contribution in [2.45, 2.75) is 0 Å². The van der Waals surface area contributed by atoms with Gasteiger partial charge in [0.25, 0.3) is 11.8 Å². The molecule has 3 aromatic rings. The summed E-state index contributed by atoms with van der Waals surface area (Å²) in [5, 5.41) is 6.55. The van der Waals surface area contributed by atoms with Crippen molar-refractivity contribution in [2.75, 3.05) is 10.6 Å². The highest BCUT2D eigenvalue weighted by Gasteiger charge is 2.22. The SMILES string of the molecule is O=C(Nc1ccc2c(c1)C(=O)Nc1cc(Cl)ccc1O2)c1ccc(Cl)cc1. The first kappa shape index (κ1) is 17.4. The van der Waals surface area contributed by atoms with Crippen molar-refractivity contribution in [1.82, 2.24) is 0 Å². The second-order valence-corrected chi connectivity index (χ2v) is 6.74. The molecule has 0 atom stereocenters. The predicted molar refractivity (Wildman–Crippen MR) is 105 cm³/mol. The van der Waals surface area contributed by atoms with Gasteiger partial charge in [0.1, 0.15) is 5.75 Å². The lowest BCUT2D eigenvalue weighted by molar-refractivity contribution is 0.101. The number of benzene rings is 3. The van der Waals surface area contributed by atoms with Gasteiger partial charge in [-0.1, -0.05) is 23.2 Å². The topological polar surface area (TPSA) is 67.4 Å². The molecule has 0 bridgehead atoms. The molecule has 0 radical (unpaired) electrons. The molecule has 3 aromatic carbocycles. The molecule has 7 heteroatoms. The van der Waals surface area contributed by atoms with Crippen LogP contribution in [0.2, 0.25) is 10.0 Å². The average molecular weight is 399 g/mol. The molecule has 0 fully saturated rings. The minimum Gasteiger partial charge on any atom is -0.454 e. The predicted octanol–water partition coefficient (Wildman–Crippen LogP) is 5.60. The Labute approximate surface area is 164 Å². The van der Waals surface area contributed by atoms with Crippen LogP contribution in [0.3, 0.4) is 0 Å². The van der Waals surface area contributed by atoms with Crippen molar-refractivity contribution >= 4 is 46.4 Å². The second-order valence-electron chi connectivity index (χ2n) is 5.87. The maximum atomic E-state index is 12.6. The third kappa shape index (κ3) is 3.60. The van der Waals surface area contributed by atoms with Crippen molar-refractivity contribution in [3.05, 3.63) is 81.8 Å². The van der Waals surface area contributed by atoms with Crippen LogP contribution in [0.15, 0.2) is 60.7 Å². The maximum Gasteiger partial charge on any atom is 0.259 e. The highest BCUT2D eigenvalue weighted by atomic mass is 35.5. The van der Waals surface area contributed by atoms with E-state index in [-0.39, 0.29) is 11.8 Å². The van der Waals surface area contributed by atoms with E-state index in [1.807, 2.05) is 0 Å². The number of rotatable bonds is 2. The van der Waals surface area contributed by atoms with Gasteiger partial charge < -0.3 is 15.4 Å². The van der Waals surface area contributed by atoms with Gasteiger partial charge in [-0.25, -0.2) is 0 Å². The fourth-order valence-electron chi connectivity index (χ4n) is 2.68. The van der Waals surface area contributed by atoms with Crippen LogP contribution in [-0.2, 0) is 0 Å². The van der Waals surface area contributed by atoms with Gasteiger partial charge in [0.2, 0.25) is 0 Å². The number of carbonyl (C=O) groups is 2. The molecule has 134 valence electrons. The fraction of sp³-hybridized carbons (Fsp3) is 0. The van der Waals surface area contributed by atoms with Gasteiger partial charge in [-0.05, 0) is 60.7 Å². The van der Waals surface area contributed by atoms with Crippen LogP contribution in [0.5, 0.6) is 11.5 Å². The van der Waals surface area contributed by atoms with Crippen LogP contribution in [0.1, 0.15) is 20.7 Å².